The Hall–Kier alpha value is -2.09. The molecule has 3 rings (SSSR count). The minimum absolute atomic E-state index is 0.0621. The lowest BCUT2D eigenvalue weighted by Crippen LogP contribution is -2.43. The summed E-state index contributed by atoms with van der Waals surface area (Å²) >= 11 is 0. The summed E-state index contributed by atoms with van der Waals surface area (Å²) in [6.07, 6.45) is 0.302. The van der Waals surface area contributed by atoms with Crippen molar-refractivity contribution in [1.82, 2.24) is 4.72 Å². The van der Waals surface area contributed by atoms with Gasteiger partial charge in [-0.05, 0) is 43.2 Å². The molecule has 0 spiro atoms. The van der Waals surface area contributed by atoms with E-state index in [4.69, 9.17) is 9.47 Å². The quantitative estimate of drug-likeness (QED) is 0.835. The van der Waals surface area contributed by atoms with E-state index in [1.807, 2.05) is 19.9 Å². The first kappa shape index (κ1) is 18.7. The van der Waals surface area contributed by atoms with Crippen molar-refractivity contribution in [3.05, 3.63) is 53.1 Å². The van der Waals surface area contributed by atoms with Crippen molar-refractivity contribution in [2.24, 2.45) is 0 Å². The maximum Gasteiger partial charge on any atom is 0.244 e. The van der Waals surface area contributed by atoms with E-state index >= 15 is 0 Å². The van der Waals surface area contributed by atoms with Crippen molar-refractivity contribution in [2.45, 2.75) is 30.8 Å². The van der Waals surface area contributed by atoms with Crippen LogP contribution in [0.5, 0.6) is 11.5 Å². The molecule has 1 heterocycles. The Kier molecular flexibility index (Phi) is 4.96. The third-order valence-electron chi connectivity index (χ3n) is 4.79. The van der Waals surface area contributed by atoms with Gasteiger partial charge >= 0.3 is 0 Å². The zero-order valence-electron chi connectivity index (χ0n) is 15.1. The van der Waals surface area contributed by atoms with E-state index in [2.05, 4.69) is 4.72 Å². The Bertz CT molecular complexity index is 926. The lowest BCUT2D eigenvalue weighted by Gasteiger charge is -2.34. The van der Waals surface area contributed by atoms with Gasteiger partial charge in [-0.3, -0.25) is 0 Å². The van der Waals surface area contributed by atoms with Crippen LogP contribution in [-0.2, 0) is 15.6 Å². The summed E-state index contributed by atoms with van der Waals surface area (Å²) in [5.74, 6) is 0.851. The Labute approximate surface area is 153 Å². The molecular formula is C19H23NO5S. The molecule has 0 bridgehead atoms. The molecular weight excluding hydrogens is 354 g/mol. The van der Waals surface area contributed by atoms with Gasteiger partial charge in [0.1, 0.15) is 22.0 Å². The first-order chi connectivity index (χ1) is 12.3. The van der Waals surface area contributed by atoms with Crippen LogP contribution in [0, 0.1) is 13.8 Å². The molecule has 2 N–H and O–H groups in total. The van der Waals surface area contributed by atoms with E-state index in [9.17, 15) is 13.5 Å². The Morgan fingerprint density at radius 2 is 1.92 bits per heavy atom. The molecule has 0 saturated carbocycles. The molecule has 1 aliphatic heterocycles. The van der Waals surface area contributed by atoms with Gasteiger partial charge in [0.2, 0.25) is 10.0 Å². The lowest BCUT2D eigenvalue weighted by molar-refractivity contribution is 0.00218. The first-order valence-electron chi connectivity index (χ1n) is 8.36. The van der Waals surface area contributed by atoms with Crippen LogP contribution < -0.4 is 14.2 Å². The van der Waals surface area contributed by atoms with Crippen LogP contribution in [0.15, 0.2) is 41.3 Å². The standard InChI is InChI=1S/C19H23NO5S/c1-13-10-17(24-3)18(11-14(13)2)26(22,23)20-12-19(21)8-9-25-16-7-5-4-6-15(16)19/h4-7,10-11,20-21H,8-9,12H2,1-3H3. The molecule has 0 saturated heterocycles. The topological polar surface area (TPSA) is 84.9 Å². The van der Waals surface area contributed by atoms with Crippen molar-refractivity contribution in [3.63, 3.8) is 0 Å². The molecule has 0 radical (unpaired) electrons. The molecule has 0 amide bonds. The SMILES string of the molecule is COc1cc(C)c(C)cc1S(=O)(=O)NCC1(O)CCOc2ccccc21. The monoisotopic (exact) mass is 377 g/mol. The van der Waals surface area contributed by atoms with Gasteiger partial charge in [-0.1, -0.05) is 18.2 Å². The Morgan fingerprint density at radius 3 is 2.65 bits per heavy atom. The van der Waals surface area contributed by atoms with E-state index in [0.29, 0.717) is 24.3 Å². The number of nitrogens with one attached hydrogen (secondary N) is 1. The van der Waals surface area contributed by atoms with Gasteiger partial charge in [-0.2, -0.15) is 0 Å². The fourth-order valence-electron chi connectivity index (χ4n) is 3.05. The average molecular weight is 377 g/mol. The second kappa shape index (κ2) is 6.90. The molecule has 2 aromatic carbocycles. The summed E-state index contributed by atoms with van der Waals surface area (Å²) < 4.78 is 39.0. The normalized spacial score (nSPS) is 19.5. The van der Waals surface area contributed by atoms with Gasteiger partial charge < -0.3 is 14.6 Å². The van der Waals surface area contributed by atoms with Crippen LogP contribution in [0.2, 0.25) is 0 Å². The lowest BCUT2D eigenvalue weighted by atomic mass is 9.88. The van der Waals surface area contributed by atoms with Gasteiger partial charge in [0.25, 0.3) is 0 Å². The number of aliphatic hydroxyl groups is 1. The summed E-state index contributed by atoms with van der Waals surface area (Å²) in [5, 5.41) is 11.0. The number of para-hydroxylation sites is 1. The van der Waals surface area contributed by atoms with Crippen LogP contribution in [-0.4, -0.2) is 33.8 Å². The zero-order chi connectivity index (χ0) is 18.9. The molecule has 2 aromatic rings. The van der Waals surface area contributed by atoms with E-state index < -0.39 is 15.6 Å². The van der Waals surface area contributed by atoms with Crippen molar-refractivity contribution in [2.75, 3.05) is 20.3 Å². The third-order valence-corrected chi connectivity index (χ3v) is 6.21. The van der Waals surface area contributed by atoms with Gasteiger partial charge in [-0.15, -0.1) is 0 Å². The maximum atomic E-state index is 12.8. The van der Waals surface area contributed by atoms with Crippen LogP contribution in [0.3, 0.4) is 0 Å². The van der Waals surface area contributed by atoms with Crippen LogP contribution in [0.1, 0.15) is 23.1 Å². The predicted molar refractivity (Wildman–Crippen MR) is 98.1 cm³/mol. The van der Waals surface area contributed by atoms with Crippen molar-refractivity contribution >= 4 is 10.0 Å². The molecule has 1 aliphatic rings. The molecule has 0 fully saturated rings. The van der Waals surface area contributed by atoms with Gasteiger partial charge in [-0.25, -0.2) is 13.1 Å². The molecule has 26 heavy (non-hydrogen) atoms. The molecule has 140 valence electrons. The second-order valence-electron chi connectivity index (χ2n) is 6.54. The molecule has 0 aliphatic carbocycles. The minimum atomic E-state index is -3.86. The number of methoxy groups -OCH3 is 1. The summed E-state index contributed by atoms with van der Waals surface area (Å²) in [6, 6.07) is 10.4. The van der Waals surface area contributed by atoms with Gasteiger partial charge in [0, 0.05) is 18.5 Å². The number of aryl methyl sites for hydroxylation is 2. The average Bonchev–Trinajstić information content (AvgIpc) is 2.62. The summed E-state index contributed by atoms with van der Waals surface area (Å²) in [7, 11) is -2.42. The van der Waals surface area contributed by atoms with E-state index in [0.717, 1.165) is 11.1 Å². The smallest absolute Gasteiger partial charge is 0.244 e. The molecule has 1 atom stereocenters. The summed E-state index contributed by atoms with van der Waals surface area (Å²) in [4.78, 5) is 0.0621. The molecule has 1 unspecified atom stereocenters. The first-order valence-corrected chi connectivity index (χ1v) is 9.85. The van der Waals surface area contributed by atoms with Crippen molar-refractivity contribution in [3.8, 4) is 11.5 Å². The Balaban J connectivity index is 1.89. The highest BCUT2D eigenvalue weighted by Crippen LogP contribution is 2.37. The molecule has 7 heteroatoms. The fourth-order valence-corrected chi connectivity index (χ4v) is 4.37. The summed E-state index contributed by atoms with van der Waals surface area (Å²) in [6.45, 7) is 3.91. The highest BCUT2D eigenvalue weighted by molar-refractivity contribution is 7.89. The number of hydrogen-bond donors (Lipinski definition) is 2. The highest BCUT2D eigenvalue weighted by Gasteiger charge is 2.37. The summed E-state index contributed by atoms with van der Waals surface area (Å²) in [5.41, 5.74) is 1.05. The minimum Gasteiger partial charge on any atom is -0.495 e. The second-order valence-corrected chi connectivity index (χ2v) is 8.27. The highest BCUT2D eigenvalue weighted by atomic mass is 32.2. The van der Waals surface area contributed by atoms with Crippen molar-refractivity contribution < 1.29 is 23.0 Å². The molecule has 0 aromatic heterocycles. The van der Waals surface area contributed by atoms with E-state index in [-0.39, 0.29) is 17.2 Å². The van der Waals surface area contributed by atoms with Crippen LogP contribution in [0.25, 0.3) is 0 Å². The Morgan fingerprint density at radius 1 is 1.23 bits per heavy atom. The van der Waals surface area contributed by atoms with Crippen LogP contribution in [0.4, 0.5) is 0 Å². The number of hydrogen-bond acceptors (Lipinski definition) is 5. The number of fused-ring (bicyclic) bond motifs is 1. The van der Waals surface area contributed by atoms with Gasteiger partial charge in [0.15, 0.2) is 0 Å². The van der Waals surface area contributed by atoms with Crippen LogP contribution >= 0.6 is 0 Å². The van der Waals surface area contributed by atoms with Gasteiger partial charge in [0.05, 0.1) is 13.7 Å². The fraction of sp³-hybridized carbons (Fsp3) is 0.368. The largest absolute Gasteiger partial charge is 0.495 e. The van der Waals surface area contributed by atoms with Crippen molar-refractivity contribution in [1.29, 1.82) is 0 Å². The van der Waals surface area contributed by atoms with E-state index in [1.165, 1.54) is 7.11 Å². The maximum absolute atomic E-state index is 12.8. The predicted octanol–water partition coefficient (Wildman–Crippen LogP) is 2.26. The third kappa shape index (κ3) is 3.42. The number of sulfonamides is 1. The van der Waals surface area contributed by atoms with E-state index in [1.54, 1.807) is 30.3 Å². The number of benzene rings is 2. The number of rotatable bonds is 5. The zero-order valence-corrected chi connectivity index (χ0v) is 15.9. The molecule has 6 nitrogen and oxygen atoms in total. The number of ether oxygens (including phenoxy) is 2.